The van der Waals surface area contributed by atoms with Crippen LogP contribution in [0.15, 0.2) is 12.3 Å². The largest absolute Gasteiger partial charge is 0.493 e. The molecule has 3 heteroatoms. The number of hydrogen-bond acceptors (Lipinski definition) is 3. The molecular weight excluding hydrogens is 212 g/mol. The number of pyridine rings is 1. The normalized spacial score (nSPS) is 14.9. The van der Waals surface area contributed by atoms with E-state index in [1.807, 2.05) is 19.2 Å². The first-order valence-corrected chi connectivity index (χ1v) is 6.61. The summed E-state index contributed by atoms with van der Waals surface area (Å²) in [6, 6.07) is 2.76. The minimum absolute atomic E-state index is 0.722. The van der Waals surface area contributed by atoms with Crippen LogP contribution in [-0.4, -0.2) is 17.6 Å². The van der Waals surface area contributed by atoms with Gasteiger partial charge in [-0.05, 0) is 26.2 Å². The van der Waals surface area contributed by atoms with Gasteiger partial charge in [-0.15, -0.1) is 0 Å². The number of ether oxygens (including phenoxy) is 1. The highest BCUT2D eigenvalue weighted by Crippen LogP contribution is 2.23. The van der Waals surface area contributed by atoms with Crippen LogP contribution in [0.5, 0.6) is 5.75 Å². The van der Waals surface area contributed by atoms with Crippen LogP contribution in [0.4, 0.5) is 0 Å². The second-order valence-corrected chi connectivity index (χ2v) is 4.79. The van der Waals surface area contributed by atoms with Gasteiger partial charge in [0, 0.05) is 36.1 Å². The number of rotatable bonds is 7. The van der Waals surface area contributed by atoms with Crippen molar-refractivity contribution in [2.24, 2.45) is 0 Å². The zero-order valence-electron chi connectivity index (χ0n) is 10.8. The highest BCUT2D eigenvalue weighted by molar-refractivity contribution is 5.32. The van der Waals surface area contributed by atoms with Crippen molar-refractivity contribution in [2.45, 2.75) is 52.1 Å². The van der Waals surface area contributed by atoms with E-state index in [2.05, 4.69) is 17.2 Å². The highest BCUT2D eigenvalue weighted by atomic mass is 16.5. The van der Waals surface area contributed by atoms with E-state index in [1.165, 1.54) is 24.8 Å². The van der Waals surface area contributed by atoms with E-state index in [0.717, 1.165) is 37.1 Å². The standard InChI is InChI=1S/C14H22N2O/c1-3-4-7-17-14-8-11(2)15-9-12(14)10-16-13-5-6-13/h8-9,13,16H,3-7,10H2,1-2H3. The maximum Gasteiger partial charge on any atom is 0.127 e. The van der Waals surface area contributed by atoms with Crippen LogP contribution in [0, 0.1) is 6.92 Å². The molecule has 0 unspecified atom stereocenters. The van der Waals surface area contributed by atoms with E-state index in [1.54, 1.807) is 0 Å². The number of hydrogen-bond donors (Lipinski definition) is 1. The summed E-state index contributed by atoms with van der Waals surface area (Å²) in [7, 11) is 0. The third kappa shape index (κ3) is 4.00. The maximum atomic E-state index is 5.83. The Morgan fingerprint density at radius 2 is 2.29 bits per heavy atom. The van der Waals surface area contributed by atoms with E-state index in [4.69, 9.17) is 4.74 Å². The molecule has 0 saturated heterocycles. The number of nitrogens with zero attached hydrogens (tertiary/aromatic N) is 1. The first-order chi connectivity index (χ1) is 8.29. The van der Waals surface area contributed by atoms with Crippen molar-refractivity contribution in [3.05, 3.63) is 23.5 Å². The topological polar surface area (TPSA) is 34.1 Å². The third-order valence-electron chi connectivity index (χ3n) is 2.99. The number of aromatic nitrogens is 1. The Kier molecular flexibility index (Phi) is 4.37. The minimum atomic E-state index is 0.722. The molecule has 17 heavy (non-hydrogen) atoms. The summed E-state index contributed by atoms with van der Waals surface area (Å²) in [6.07, 6.45) is 6.83. The van der Waals surface area contributed by atoms with Crippen LogP contribution in [0.1, 0.15) is 43.9 Å². The average Bonchev–Trinajstić information content (AvgIpc) is 3.12. The molecule has 1 saturated carbocycles. The molecule has 3 nitrogen and oxygen atoms in total. The molecule has 1 heterocycles. The summed E-state index contributed by atoms with van der Waals surface area (Å²) in [4.78, 5) is 4.35. The number of unbranched alkanes of at least 4 members (excludes halogenated alkanes) is 1. The van der Waals surface area contributed by atoms with Gasteiger partial charge in [-0.1, -0.05) is 13.3 Å². The van der Waals surface area contributed by atoms with Gasteiger partial charge in [0.2, 0.25) is 0 Å². The Balaban J connectivity index is 1.95. The Hall–Kier alpha value is -1.09. The number of aryl methyl sites for hydroxylation is 1. The van der Waals surface area contributed by atoms with Crippen molar-refractivity contribution in [3.63, 3.8) is 0 Å². The van der Waals surface area contributed by atoms with Crippen LogP contribution in [0.2, 0.25) is 0 Å². The SMILES string of the molecule is CCCCOc1cc(C)ncc1CNC1CC1. The Bertz CT molecular complexity index is 361. The lowest BCUT2D eigenvalue weighted by Gasteiger charge is -2.12. The summed E-state index contributed by atoms with van der Waals surface area (Å²) in [5, 5.41) is 3.50. The zero-order chi connectivity index (χ0) is 12.1. The Morgan fingerprint density at radius 3 is 3.00 bits per heavy atom. The molecule has 2 rings (SSSR count). The maximum absolute atomic E-state index is 5.83. The minimum Gasteiger partial charge on any atom is -0.493 e. The van der Waals surface area contributed by atoms with Crippen LogP contribution in [0.3, 0.4) is 0 Å². The molecule has 0 aromatic carbocycles. The van der Waals surface area contributed by atoms with Gasteiger partial charge in [-0.2, -0.15) is 0 Å². The molecule has 0 spiro atoms. The van der Waals surface area contributed by atoms with Gasteiger partial charge in [0.05, 0.1) is 6.61 Å². The predicted octanol–water partition coefficient (Wildman–Crippen LogP) is 2.82. The lowest BCUT2D eigenvalue weighted by atomic mass is 10.2. The molecule has 94 valence electrons. The third-order valence-corrected chi connectivity index (χ3v) is 2.99. The van der Waals surface area contributed by atoms with Gasteiger partial charge in [-0.25, -0.2) is 0 Å². The highest BCUT2D eigenvalue weighted by Gasteiger charge is 2.20. The monoisotopic (exact) mass is 234 g/mol. The van der Waals surface area contributed by atoms with E-state index in [9.17, 15) is 0 Å². The Morgan fingerprint density at radius 1 is 1.47 bits per heavy atom. The molecule has 0 amide bonds. The molecule has 1 aliphatic rings. The fraction of sp³-hybridized carbons (Fsp3) is 0.643. The molecular formula is C14H22N2O. The molecule has 1 aliphatic carbocycles. The molecule has 0 aliphatic heterocycles. The smallest absolute Gasteiger partial charge is 0.127 e. The molecule has 1 fully saturated rings. The molecule has 1 aromatic heterocycles. The zero-order valence-corrected chi connectivity index (χ0v) is 10.8. The van der Waals surface area contributed by atoms with E-state index in [0.29, 0.717) is 0 Å². The summed E-state index contributed by atoms with van der Waals surface area (Å²) in [5.74, 6) is 0.999. The van der Waals surface area contributed by atoms with Crippen LogP contribution in [0.25, 0.3) is 0 Å². The van der Waals surface area contributed by atoms with Crippen molar-refractivity contribution in [3.8, 4) is 5.75 Å². The van der Waals surface area contributed by atoms with Crippen molar-refractivity contribution in [1.82, 2.24) is 10.3 Å². The summed E-state index contributed by atoms with van der Waals surface area (Å²) in [6.45, 7) is 5.86. The molecule has 0 bridgehead atoms. The van der Waals surface area contributed by atoms with E-state index < -0.39 is 0 Å². The fourth-order valence-electron chi connectivity index (χ4n) is 1.70. The molecule has 1 N–H and O–H groups in total. The van der Waals surface area contributed by atoms with E-state index in [-0.39, 0.29) is 0 Å². The predicted molar refractivity (Wildman–Crippen MR) is 69.2 cm³/mol. The van der Waals surface area contributed by atoms with Gasteiger partial charge >= 0.3 is 0 Å². The van der Waals surface area contributed by atoms with Gasteiger partial charge in [0.1, 0.15) is 5.75 Å². The average molecular weight is 234 g/mol. The summed E-state index contributed by atoms with van der Waals surface area (Å²) >= 11 is 0. The van der Waals surface area contributed by atoms with Gasteiger partial charge in [0.25, 0.3) is 0 Å². The summed E-state index contributed by atoms with van der Waals surface area (Å²) < 4.78 is 5.83. The number of nitrogens with one attached hydrogen (secondary N) is 1. The molecule has 0 radical (unpaired) electrons. The van der Waals surface area contributed by atoms with Crippen molar-refractivity contribution in [1.29, 1.82) is 0 Å². The second kappa shape index (κ2) is 6.01. The first kappa shape index (κ1) is 12.4. The first-order valence-electron chi connectivity index (χ1n) is 6.61. The summed E-state index contributed by atoms with van der Waals surface area (Å²) in [5.41, 5.74) is 2.20. The van der Waals surface area contributed by atoms with Crippen molar-refractivity contribution in [2.75, 3.05) is 6.61 Å². The Labute approximate surface area is 104 Å². The van der Waals surface area contributed by atoms with Crippen LogP contribution >= 0.6 is 0 Å². The van der Waals surface area contributed by atoms with Crippen LogP contribution < -0.4 is 10.1 Å². The van der Waals surface area contributed by atoms with Crippen molar-refractivity contribution < 1.29 is 4.74 Å². The van der Waals surface area contributed by atoms with Gasteiger partial charge < -0.3 is 10.1 Å². The van der Waals surface area contributed by atoms with Gasteiger partial charge in [-0.3, -0.25) is 4.98 Å². The second-order valence-electron chi connectivity index (χ2n) is 4.79. The fourth-order valence-corrected chi connectivity index (χ4v) is 1.70. The van der Waals surface area contributed by atoms with Crippen LogP contribution in [-0.2, 0) is 6.54 Å². The molecule has 0 atom stereocenters. The molecule has 1 aromatic rings. The lowest BCUT2D eigenvalue weighted by molar-refractivity contribution is 0.305. The van der Waals surface area contributed by atoms with E-state index >= 15 is 0 Å². The van der Waals surface area contributed by atoms with Gasteiger partial charge in [0.15, 0.2) is 0 Å². The van der Waals surface area contributed by atoms with Crippen molar-refractivity contribution >= 4 is 0 Å². The quantitative estimate of drug-likeness (QED) is 0.737. The lowest BCUT2D eigenvalue weighted by Crippen LogP contribution is -2.16.